The first-order chi connectivity index (χ1) is 13.2. The molecular formula is C25H42O2. The molecule has 0 saturated heterocycles. The van der Waals surface area contributed by atoms with Gasteiger partial charge in [-0.2, -0.15) is 0 Å². The SMILES string of the molecule is CCCC=CC=C(C(=O)O)[C@H]1CC[C@H]([C@H]2CC[C@H](CCCCC)CC2)CC1. The molecule has 0 aromatic rings. The first-order valence-corrected chi connectivity index (χ1v) is 11.8. The molecule has 27 heavy (non-hydrogen) atoms. The summed E-state index contributed by atoms with van der Waals surface area (Å²) in [5.41, 5.74) is 0.639. The van der Waals surface area contributed by atoms with E-state index in [-0.39, 0.29) is 5.92 Å². The van der Waals surface area contributed by atoms with Crippen LogP contribution >= 0.6 is 0 Å². The van der Waals surface area contributed by atoms with Gasteiger partial charge in [0, 0.05) is 5.57 Å². The molecular weight excluding hydrogens is 332 g/mol. The van der Waals surface area contributed by atoms with Crippen LogP contribution in [0.15, 0.2) is 23.8 Å². The molecule has 0 radical (unpaired) electrons. The molecule has 0 heterocycles. The van der Waals surface area contributed by atoms with Crippen molar-refractivity contribution in [3.63, 3.8) is 0 Å². The normalized spacial score (nSPS) is 29.9. The van der Waals surface area contributed by atoms with Gasteiger partial charge >= 0.3 is 5.97 Å². The third kappa shape index (κ3) is 7.47. The lowest BCUT2D eigenvalue weighted by atomic mass is 9.68. The maximum absolute atomic E-state index is 11.7. The highest BCUT2D eigenvalue weighted by atomic mass is 16.4. The van der Waals surface area contributed by atoms with E-state index < -0.39 is 5.97 Å². The zero-order valence-corrected chi connectivity index (χ0v) is 17.8. The van der Waals surface area contributed by atoms with Gasteiger partial charge in [0.1, 0.15) is 0 Å². The van der Waals surface area contributed by atoms with Gasteiger partial charge in [0.25, 0.3) is 0 Å². The second kappa shape index (κ2) is 12.4. The lowest BCUT2D eigenvalue weighted by molar-refractivity contribution is -0.133. The molecule has 0 bridgehead atoms. The van der Waals surface area contributed by atoms with E-state index in [1.165, 1.54) is 64.2 Å². The van der Waals surface area contributed by atoms with E-state index in [4.69, 9.17) is 0 Å². The van der Waals surface area contributed by atoms with Gasteiger partial charge in [-0.1, -0.05) is 77.0 Å². The van der Waals surface area contributed by atoms with Crippen LogP contribution in [0.3, 0.4) is 0 Å². The molecule has 154 valence electrons. The van der Waals surface area contributed by atoms with E-state index in [1.54, 1.807) is 0 Å². The van der Waals surface area contributed by atoms with Gasteiger partial charge in [-0.3, -0.25) is 0 Å². The van der Waals surface area contributed by atoms with Crippen molar-refractivity contribution in [2.24, 2.45) is 23.7 Å². The molecule has 2 heteroatoms. The Kier molecular flexibility index (Phi) is 10.2. The van der Waals surface area contributed by atoms with Crippen LogP contribution in [0.1, 0.15) is 104 Å². The number of unbranched alkanes of at least 4 members (excludes halogenated alkanes) is 3. The quantitative estimate of drug-likeness (QED) is 0.243. The lowest BCUT2D eigenvalue weighted by Crippen LogP contribution is -2.27. The Morgan fingerprint density at radius 2 is 1.52 bits per heavy atom. The fourth-order valence-corrected chi connectivity index (χ4v) is 5.35. The number of hydrogen-bond acceptors (Lipinski definition) is 1. The number of carboxylic acids is 1. The number of carbonyl (C=O) groups is 1. The Morgan fingerprint density at radius 3 is 2.07 bits per heavy atom. The smallest absolute Gasteiger partial charge is 0.331 e. The van der Waals surface area contributed by atoms with Gasteiger partial charge in [0.15, 0.2) is 0 Å². The van der Waals surface area contributed by atoms with Gasteiger partial charge in [0.2, 0.25) is 0 Å². The van der Waals surface area contributed by atoms with Crippen LogP contribution in [0, 0.1) is 23.7 Å². The first kappa shape index (κ1) is 22.2. The molecule has 1 N–H and O–H groups in total. The van der Waals surface area contributed by atoms with Gasteiger partial charge in [0.05, 0.1) is 0 Å². The summed E-state index contributed by atoms with van der Waals surface area (Å²) in [5.74, 6) is 2.29. The van der Waals surface area contributed by atoms with E-state index in [2.05, 4.69) is 19.9 Å². The summed E-state index contributed by atoms with van der Waals surface area (Å²) in [4.78, 5) is 11.7. The van der Waals surface area contributed by atoms with Crippen molar-refractivity contribution in [3.8, 4) is 0 Å². The highest BCUT2D eigenvalue weighted by Crippen LogP contribution is 2.43. The zero-order chi connectivity index (χ0) is 19.5. The van der Waals surface area contributed by atoms with Crippen molar-refractivity contribution < 1.29 is 9.90 Å². The number of allylic oxidation sites excluding steroid dienone is 3. The molecule has 0 unspecified atom stereocenters. The predicted molar refractivity (Wildman–Crippen MR) is 115 cm³/mol. The summed E-state index contributed by atoms with van der Waals surface area (Å²) in [6, 6.07) is 0. The van der Waals surface area contributed by atoms with Crippen molar-refractivity contribution in [2.45, 2.75) is 104 Å². The van der Waals surface area contributed by atoms with E-state index >= 15 is 0 Å². The Labute approximate surface area is 167 Å². The van der Waals surface area contributed by atoms with Crippen LogP contribution in [-0.4, -0.2) is 11.1 Å². The predicted octanol–water partition coefficient (Wildman–Crippen LogP) is 7.55. The van der Waals surface area contributed by atoms with Crippen LogP contribution in [0.25, 0.3) is 0 Å². The van der Waals surface area contributed by atoms with E-state index in [9.17, 15) is 9.90 Å². The Balaban J connectivity index is 1.77. The fourth-order valence-electron chi connectivity index (χ4n) is 5.35. The van der Waals surface area contributed by atoms with Crippen molar-refractivity contribution in [3.05, 3.63) is 23.8 Å². The average Bonchev–Trinajstić information content (AvgIpc) is 2.69. The van der Waals surface area contributed by atoms with Gasteiger partial charge < -0.3 is 5.11 Å². The minimum atomic E-state index is -0.716. The molecule has 0 amide bonds. The second-order valence-corrected chi connectivity index (χ2v) is 9.03. The standard InChI is InChI=1S/C25H42O2/c1-3-5-7-9-11-24(25(26)27)23-18-16-22(17-19-23)21-14-12-20(13-15-21)10-8-6-4-2/h7,9,11,20-23H,3-6,8,10,12-19H2,1-2H3,(H,26,27)/t20-,21-,22-,23-. The molecule has 2 saturated carbocycles. The summed E-state index contributed by atoms with van der Waals surface area (Å²) in [6.07, 6.45) is 24.0. The molecule has 2 aliphatic rings. The topological polar surface area (TPSA) is 37.3 Å². The van der Waals surface area contributed by atoms with E-state index in [0.717, 1.165) is 43.4 Å². The Bertz CT molecular complexity index is 475. The molecule has 2 fully saturated rings. The zero-order valence-electron chi connectivity index (χ0n) is 17.8. The molecule has 0 aromatic carbocycles. The molecule has 2 nitrogen and oxygen atoms in total. The third-order valence-electron chi connectivity index (χ3n) is 7.10. The van der Waals surface area contributed by atoms with Gasteiger partial charge in [-0.15, -0.1) is 0 Å². The van der Waals surface area contributed by atoms with Crippen LogP contribution in [-0.2, 0) is 4.79 Å². The molecule has 0 aromatic heterocycles. The maximum atomic E-state index is 11.7. The summed E-state index contributed by atoms with van der Waals surface area (Å²) >= 11 is 0. The summed E-state index contributed by atoms with van der Waals surface area (Å²) in [7, 11) is 0. The molecule has 0 atom stereocenters. The second-order valence-electron chi connectivity index (χ2n) is 9.03. The molecule has 0 aliphatic heterocycles. The summed E-state index contributed by atoms with van der Waals surface area (Å²) < 4.78 is 0. The van der Waals surface area contributed by atoms with Crippen LogP contribution in [0.2, 0.25) is 0 Å². The molecule has 2 aliphatic carbocycles. The third-order valence-corrected chi connectivity index (χ3v) is 7.10. The number of aliphatic carboxylic acids is 1. The minimum absolute atomic E-state index is 0.260. The molecule has 2 rings (SSSR count). The monoisotopic (exact) mass is 374 g/mol. The van der Waals surface area contributed by atoms with Gasteiger partial charge in [-0.25, -0.2) is 4.79 Å². The summed E-state index contributed by atoms with van der Waals surface area (Å²) in [6.45, 7) is 4.44. The fraction of sp³-hybridized carbons (Fsp3) is 0.800. The lowest BCUT2D eigenvalue weighted by Gasteiger charge is -2.38. The largest absolute Gasteiger partial charge is 0.478 e. The number of carboxylic acid groups (broad SMARTS) is 1. The first-order valence-electron chi connectivity index (χ1n) is 11.8. The highest BCUT2D eigenvalue weighted by molar-refractivity contribution is 5.87. The van der Waals surface area contributed by atoms with Gasteiger partial charge in [-0.05, 0) is 68.6 Å². The van der Waals surface area contributed by atoms with Crippen molar-refractivity contribution in [1.82, 2.24) is 0 Å². The van der Waals surface area contributed by atoms with Crippen molar-refractivity contribution in [1.29, 1.82) is 0 Å². The van der Waals surface area contributed by atoms with Crippen molar-refractivity contribution in [2.75, 3.05) is 0 Å². The number of rotatable bonds is 10. The van der Waals surface area contributed by atoms with Crippen LogP contribution in [0.5, 0.6) is 0 Å². The number of hydrogen-bond donors (Lipinski definition) is 1. The van der Waals surface area contributed by atoms with Crippen LogP contribution in [0.4, 0.5) is 0 Å². The molecule has 0 spiro atoms. The Hall–Kier alpha value is -1.05. The maximum Gasteiger partial charge on any atom is 0.331 e. The highest BCUT2D eigenvalue weighted by Gasteiger charge is 2.32. The van der Waals surface area contributed by atoms with Crippen molar-refractivity contribution >= 4 is 5.97 Å². The Morgan fingerprint density at radius 1 is 0.889 bits per heavy atom. The average molecular weight is 375 g/mol. The summed E-state index contributed by atoms with van der Waals surface area (Å²) in [5, 5.41) is 9.61. The van der Waals surface area contributed by atoms with E-state index in [1.807, 2.05) is 12.2 Å². The van der Waals surface area contributed by atoms with Crippen LogP contribution < -0.4 is 0 Å². The van der Waals surface area contributed by atoms with E-state index in [0.29, 0.717) is 5.57 Å². The minimum Gasteiger partial charge on any atom is -0.478 e.